The van der Waals surface area contributed by atoms with Crippen LogP contribution in [0.1, 0.15) is 29.5 Å². The molecule has 0 aliphatic heterocycles. The summed E-state index contributed by atoms with van der Waals surface area (Å²) in [7, 11) is 0. The summed E-state index contributed by atoms with van der Waals surface area (Å²) in [4.78, 5) is 23.7. The Kier molecular flexibility index (Phi) is 6.89. The van der Waals surface area contributed by atoms with Crippen LogP contribution in [0.2, 0.25) is 0 Å². The zero-order valence-electron chi connectivity index (χ0n) is 14.2. The number of amides is 2. The molecule has 0 atom stereocenters. The minimum absolute atomic E-state index is 0.0778. The number of benzene rings is 2. The third kappa shape index (κ3) is 6.15. The molecule has 6 heteroatoms. The topological polar surface area (TPSA) is 70.6 Å². The molecule has 2 amide bonds. The van der Waals surface area contributed by atoms with E-state index in [1.165, 1.54) is 0 Å². The molecule has 5 nitrogen and oxygen atoms in total. The monoisotopic (exact) mass is 401 g/mol. The van der Waals surface area contributed by atoms with Crippen LogP contribution in [0.5, 0.6) is 0 Å². The summed E-state index contributed by atoms with van der Waals surface area (Å²) < 4.78 is 0.976. The molecule has 25 heavy (non-hydrogen) atoms. The summed E-state index contributed by atoms with van der Waals surface area (Å²) in [6.07, 6.45) is 1.74. The van der Waals surface area contributed by atoms with E-state index in [0.717, 1.165) is 26.9 Å². The second-order valence-corrected chi connectivity index (χ2v) is 6.56. The van der Waals surface area contributed by atoms with Gasteiger partial charge >= 0.3 is 0 Å². The standard InChI is InChI=1S/C19H20BrN3O2/c1-13-4-3-5-17(14(13)2)22-18(24)10-11-19(25)23-21-12-15-6-8-16(20)9-7-15/h3-9,12H,10-11H2,1-2H3,(H,22,24)(H,23,25). The molecular weight excluding hydrogens is 382 g/mol. The van der Waals surface area contributed by atoms with Crippen LogP contribution in [-0.2, 0) is 9.59 Å². The maximum Gasteiger partial charge on any atom is 0.240 e. The number of rotatable bonds is 6. The molecule has 130 valence electrons. The van der Waals surface area contributed by atoms with Crippen molar-refractivity contribution < 1.29 is 9.59 Å². The van der Waals surface area contributed by atoms with Gasteiger partial charge in [0.05, 0.1) is 6.21 Å². The van der Waals surface area contributed by atoms with Crippen LogP contribution in [0, 0.1) is 13.8 Å². The van der Waals surface area contributed by atoms with Crippen LogP contribution in [0.15, 0.2) is 52.0 Å². The molecule has 0 aliphatic carbocycles. The van der Waals surface area contributed by atoms with Crippen molar-refractivity contribution in [1.29, 1.82) is 0 Å². The number of nitrogens with one attached hydrogen (secondary N) is 2. The van der Waals surface area contributed by atoms with Crippen LogP contribution in [0.4, 0.5) is 5.69 Å². The highest BCUT2D eigenvalue weighted by molar-refractivity contribution is 9.10. The number of hydrogen-bond donors (Lipinski definition) is 2. The van der Waals surface area contributed by atoms with Gasteiger partial charge in [-0.25, -0.2) is 5.43 Å². The first kappa shape index (κ1) is 18.9. The van der Waals surface area contributed by atoms with E-state index in [4.69, 9.17) is 0 Å². The number of anilines is 1. The van der Waals surface area contributed by atoms with Crippen molar-refractivity contribution in [2.45, 2.75) is 26.7 Å². The molecule has 0 bridgehead atoms. The first-order chi connectivity index (χ1) is 12.0. The van der Waals surface area contributed by atoms with Crippen LogP contribution in [-0.4, -0.2) is 18.0 Å². The van der Waals surface area contributed by atoms with E-state index in [1.807, 2.05) is 56.3 Å². The van der Waals surface area contributed by atoms with E-state index in [2.05, 4.69) is 31.8 Å². The SMILES string of the molecule is Cc1cccc(NC(=O)CCC(=O)NN=Cc2ccc(Br)cc2)c1C. The molecule has 0 radical (unpaired) electrons. The number of aryl methyl sites for hydroxylation is 1. The molecule has 2 aromatic carbocycles. The Bertz CT molecular complexity index is 786. The van der Waals surface area contributed by atoms with Gasteiger partial charge in [-0.05, 0) is 48.7 Å². The van der Waals surface area contributed by atoms with Crippen molar-refractivity contribution in [3.63, 3.8) is 0 Å². The van der Waals surface area contributed by atoms with Crippen LogP contribution >= 0.6 is 15.9 Å². The number of hydrazone groups is 1. The van der Waals surface area contributed by atoms with Crippen molar-refractivity contribution in [3.8, 4) is 0 Å². The lowest BCUT2D eigenvalue weighted by molar-refractivity contribution is -0.124. The predicted molar refractivity (Wildman–Crippen MR) is 104 cm³/mol. The van der Waals surface area contributed by atoms with Gasteiger partial charge in [-0.1, -0.05) is 40.2 Å². The maximum atomic E-state index is 12.0. The molecule has 0 unspecified atom stereocenters. The molecule has 0 aliphatic rings. The van der Waals surface area contributed by atoms with Crippen LogP contribution < -0.4 is 10.7 Å². The fourth-order valence-electron chi connectivity index (χ4n) is 2.11. The van der Waals surface area contributed by atoms with Crippen molar-refractivity contribution in [3.05, 3.63) is 63.6 Å². The molecule has 0 saturated heterocycles. The molecular formula is C19H20BrN3O2. The Morgan fingerprint density at radius 1 is 1.04 bits per heavy atom. The molecule has 0 spiro atoms. The Balaban J connectivity index is 1.76. The number of carbonyl (C=O) groups excluding carboxylic acids is 2. The molecule has 0 heterocycles. The van der Waals surface area contributed by atoms with Gasteiger partial charge < -0.3 is 5.32 Å². The van der Waals surface area contributed by atoms with Crippen molar-refractivity contribution in [2.75, 3.05) is 5.32 Å². The lowest BCUT2D eigenvalue weighted by Gasteiger charge is -2.10. The molecule has 0 fully saturated rings. The second kappa shape index (κ2) is 9.13. The van der Waals surface area contributed by atoms with Gasteiger partial charge in [0.1, 0.15) is 0 Å². The van der Waals surface area contributed by atoms with Crippen molar-refractivity contribution >= 4 is 39.6 Å². The zero-order chi connectivity index (χ0) is 18.2. The van der Waals surface area contributed by atoms with Gasteiger partial charge in [-0.3, -0.25) is 9.59 Å². The third-order valence-electron chi connectivity index (χ3n) is 3.73. The van der Waals surface area contributed by atoms with E-state index in [0.29, 0.717) is 0 Å². The highest BCUT2D eigenvalue weighted by Gasteiger charge is 2.08. The first-order valence-corrected chi connectivity index (χ1v) is 8.68. The Morgan fingerprint density at radius 3 is 2.44 bits per heavy atom. The predicted octanol–water partition coefficient (Wildman–Crippen LogP) is 3.93. The first-order valence-electron chi connectivity index (χ1n) is 7.89. The number of hydrogen-bond acceptors (Lipinski definition) is 3. The van der Waals surface area contributed by atoms with Gasteiger partial charge in [-0.15, -0.1) is 0 Å². The minimum Gasteiger partial charge on any atom is -0.326 e. The summed E-state index contributed by atoms with van der Waals surface area (Å²) in [5.74, 6) is -0.495. The van der Waals surface area contributed by atoms with Crippen molar-refractivity contribution in [2.24, 2.45) is 5.10 Å². The second-order valence-electron chi connectivity index (χ2n) is 5.64. The normalized spacial score (nSPS) is 10.7. The summed E-state index contributed by atoms with van der Waals surface area (Å²) in [6.45, 7) is 3.94. The fourth-order valence-corrected chi connectivity index (χ4v) is 2.37. The largest absolute Gasteiger partial charge is 0.326 e. The molecule has 2 aromatic rings. The minimum atomic E-state index is -0.301. The molecule has 2 rings (SSSR count). The van der Waals surface area contributed by atoms with E-state index < -0.39 is 0 Å². The van der Waals surface area contributed by atoms with Gasteiger partial charge in [0.15, 0.2) is 0 Å². The molecule has 0 aromatic heterocycles. The lowest BCUT2D eigenvalue weighted by atomic mass is 10.1. The molecule has 0 saturated carbocycles. The highest BCUT2D eigenvalue weighted by atomic mass is 79.9. The lowest BCUT2D eigenvalue weighted by Crippen LogP contribution is -2.21. The Labute approximate surface area is 155 Å². The Morgan fingerprint density at radius 2 is 1.72 bits per heavy atom. The van der Waals surface area contributed by atoms with Gasteiger partial charge in [0.2, 0.25) is 11.8 Å². The van der Waals surface area contributed by atoms with E-state index >= 15 is 0 Å². The summed E-state index contributed by atoms with van der Waals surface area (Å²) in [5.41, 5.74) is 6.21. The molecule has 2 N–H and O–H groups in total. The number of carbonyl (C=O) groups is 2. The highest BCUT2D eigenvalue weighted by Crippen LogP contribution is 2.18. The van der Waals surface area contributed by atoms with E-state index in [-0.39, 0.29) is 24.7 Å². The summed E-state index contributed by atoms with van der Waals surface area (Å²) >= 11 is 3.35. The van der Waals surface area contributed by atoms with E-state index in [1.54, 1.807) is 6.21 Å². The van der Waals surface area contributed by atoms with Gasteiger partial charge in [0, 0.05) is 23.0 Å². The Hall–Kier alpha value is -2.47. The zero-order valence-corrected chi connectivity index (χ0v) is 15.8. The number of halogens is 1. The van der Waals surface area contributed by atoms with Crippen molar-refractivity contribution in [1.82, 2.24) is 5.43 Å². The summed E-state index contributed by atoms with van der Waals surface area (Å²) in [6, 6.07) is 13.3. The van der Waals surface area contributed by atoms with Gasteiger partial charge in [0.25, 0.3) is 0 Å². The summed E-state index contributed by atoms with van der Waals surface area (Å²) in [5, 5.41) is 6.72. The smallest absolute Gasteiger partial charge is 0.240 e. The van der Waals surface area contributed by atoms with E-state index in [9.17, 15) is 9.59 Å². The average molecular weight is 402 g/mol. The van der Waals surface area contributed by atoms with Crippen LogP contribution in [0.3, 0.4) is 0 Å². The fraction of sp³-hybridized carbons (Fsp3) is 0.211. The maximum absolute atomic E-state index is 12.0. The number of nitrogens with zero attached hydrogens (tertiary/aromatic N) is 1. The van der Waals surface area contributed by atoms with Gasteiger partial charge in [-0.2, -0.15) is 5.10 Å². The quantitative estimate of drug-likeness (QED) is 0.568. The van der Waals surface area contributed by atoms with Crippen LogP contribution in [0.25, 0.3) is 0 Å². The third-order valence-corrected chi connectivity index (χ3v) is 4.26. The average Bonchev–Trinajstić information content (AvgIpc) is 2.59.